The van der Waals surface area contributed by atoms with Gasteiger partial charge in [0.05, 0.1) is 26.1 Å². The van der Waals surface area contributed by atoms with Crippen LogP contribution in [0.3, 0.4) is 0 Å². The Hall–Kier alpha value is -3.54. The third-order valence-corrected chi connectivity index (χ3v) is 4.30. The Balaban J connectivity index is 1.71. The third-order valence-electron chi connectivity index (χ3n) is 4.30. The largest absolute Gasteiger partial charge is 0.497 e. The average molecular weight is 377 g/mol. The first kappa shape index (κ1) is 19.2. The summed E-state index contributed by atoms with van der Waals surface area (Å²) in [5.74, 6) is 1.26. The number of anilines is 3. The zero-order valence-corrected chi connectivity index (χ0v) is 16.2. The molecule has 0 aliphatic carbocycles. The maximum atomic E-state index is 12.5. The minimum Gasteiger partial charge on any atom is -0.497 e. The van der Waals surface area contributed by atoms with Crippen LogP contribution in [0.25, 0.3) is 0 Å². The molecule has 2 N–H and O–H groups in total. The van der Waals surface area contributed by atoms with Crippen molar-refractivity contribution in [1.82, 2.24) is 4.98 Å². The standard InChI is InChI=1S/C22H23N3O3/c1-4-15-7-5-6-8-20(15)24-17-9-10-21(23-14-17)25-22(26)16-11-18(27-2)13-19(12-16)28-3/h5-14,24H,4H2,1-3H3,(H,23,25,26). The van der Waals surface area contributed by atoms with Crippen molar-refractivity contribution < 1.29 is 14.3 Å². The number of hydrogen-bond acceptors (Lipinski definition) is 5. The van der Waals surface area contributed by atoms with Gasteiger partial charge in [-0.1, -0.05) is 25.1 Å². The van der Waals surface area contributed by atoms with Crippen molar-refractivity contribution in [3.05, 3.63) is 71.9 Å². The van der Waals surface area contributed by atoms with Gasteiger partial charge in [-0.2, -0.15) is 0 Å². The number of aromatic nitrogens is 1. The van der Waals surface area contributed by atoms with Gasteiger partial charge in [-0.15, -0.1) is 0 Å². The fourth-order valence-electron chi connectivity index (χ4n) is 2.77. The van der Waals surface area contributed by atoms with Crippen LogP contribution in [0.5, 0.6) is 11.5 Å². The van der Waals surface area contributed by atoms with Gasteiger partial charge >= 0.3 is 0 Å². The number of nitrogens with one attached hydrogen (secondary N) is 2. The Kier molecular flexibility index (Phi) is 6.11. The van der Waals surface area contributed by atoms with E-state index in [1.54, 1.807) is 44.7 Å². The monoisotopic (exact) mass is 377 g/mol. The Bertz CT molecular complexity index is 933. The summed E-state index contributed by atoms with van der Waals surface area (Å²) < 4.78 is 10.4. The van der Waals surface area contributed by atoms with Crippen LogP contribution in [-0.2, 0) is 6.42 Å². The van der Waals surface area contributed by atoms with E-state index >= 15 is 0 Å². The van der Waals surface area contributed by atoms with Crippen molar-refractivity contribution in [1.29, 1.82) is 0 Å². The smallest absolute Gasteiger partial charge is 0.257 e. The first-order valence-electron chi connectivity index (χ1n) is 8.98. The van der Waals surface area contributed by atoms with Crippen LogP contribution in [0.15, 0.2) is 60.8 Å². The topological polar surface area (TPSA) is 72.5 Å². The van der Waals surface area contributed by atoms with E-state index in [0.29, 0.717) is 22.9 Å². The van der Waals surface area contributed by atoms with Gasteiger partial charge in [0.2, 0.25) is 0 Å². The highest BCUT2D eigenvalue weighted by molar-refractivity contribution is 6.04. The number of carbonyl (C=O) groups is 1. The van der Waals surface area contributed by atoms with E-state index in [1.165, 1.54) is 5.56 Å². The van der Waals surface area contributed by atoms with Gasteiger partial charge in [0, 0.05) is 17.3 Å². The molecule has 0 unspecified atom stereocenters. The summed E-state index contributed by atoms with van der Waals surface area (Å²) in [6.07, 6.45) is 2.63. The molecule has 0 bridgehead atoms. The zero-order valence-electron chi connectivity index (χ0n) is 16.2. The lowest BCUT2D eigenvalue weighted by Crippen LogP contribution is -2.13. The number of aryl methyl sites for hydroxylation is 1. The number of benzene rings is 2. The van der Waals surface area contributed by atoms with Crippen molar-refractivity contribution in [2.75, 3.05) is 24.9 Å². The normalized spacial score (nSPS) is 10.2. The lowest BCUT2D eigenvalue weighted by Gasteiger charge is -2.12. The van der Waals surface area contributed by atoms with Crippen LogP contribution >= 0.6 is 0 Å². The number of carbonyl (C=O) groups excluding carboxylic acids is 1. The average Bonchev–Trinajstić information content (AvgIpc) is 2.75. The summed E-state index contributed by atoms with van der Waals surface area (Å²) in [6.45, 7) is 2.12. The van der Waals surface area contributed by atoms with Gasteiger partial charge in [-0.3, -0.25) is 4.79 Å². The van der Waals surface area contributed by atoms with Crippen molar-refractivity contribution >= 4 is 23.1 Å². The molecule has 2 aromatic carbocycles. The molecular weight excluding hydrogens is 354 g/mol. The molecule has 0 aliphatic heterocycles. The van der Waals surface area contributed by atoms with Gasteiger partial charge in [-0.05, 0) is 42.3 Å². The van der Waals surface area contributed by atoms with Gasteiger partial charge in [0.1, 0.15) is 17.3 Å². The number of para-hydroxylation sites is 1. The molecule has 1 heterocycles. The van der Waals surface area contributed by atoms with E-state index < -0.39 is 0 Å². The van der Waals surface area contributed by atoms with E-state index in [1.807, 2.05) is 24.3 Å². The molecule has 3 rings (SSSR count). The van der Waals surface area contributed by atoms with Crippen LogP contribution in [0, 0.1) is 0 Å². The van der Waals surface area contributed by atoms with E-state index in [9.17, 15) is 4.79 Å². The molecule has 6 nitrogen and oxygen atoms in total. The molecule has 0 spiro atoms. The lowest BCUT2D eigenvalue weighted by atomic mass is 10.1. The Morgan fingerprint density at radius 1 is 1.00 bits per heavy atom. The van der Waals surface area contributed by atoms with E-state index in [2.05, 4.69) is 28.6 Å². The molecule has 0 fully saturated rings. The second-order valence-corrected chi connectivity index (χ2v) is 6.12. The highest BCUT2D eigenvalue weighted by Crippen LogP contribution is 2.24. The quantitative estimate of drug-likeness (QED) is 0.627. The summed E-state index contributed by atoms with van der Waals surface area (Å²) >= 11 is 0. The molecule has 1 aromatic heterocycles. The van der Waals surface area contributed by atoms with E-state index in [-0.39, 0.29) is 5.91 Å². The fraction of sp³-hybridized carbons (Fsp3) is 0.182. The van der Waals surface area contributed by atoms with Gasteiger partial charge in [0.25, 0.3) is 5.91 Å². The van der Waals surface area contributed by atoms with Crippen molar-refractivity contribution in [2.24, 2.45) is 0 Å². The minimum absolute atomic E-state index is 0.290. The number of nitrogens with zero attached hydrogens (tertiary/aromatic N) is 1. The second-order valence-electron chi connectivity index (χ2n) is 6.12. The maximum absolute atomic E-state index is 12.5. The Morgan fingerprint density at radius 2 is 1.71 bits per heavy atom. The lowest BCUT2D eigenvalue weighted by molar-refractivity contribution is 0.102. The summed E-state index contributed by atoms with van der Waals surface area (Å²) in [4.78, 5) is 16.9. The maximum Gasteiger partial charge on any atom is 0.257 e. The summed E-state index contributed by atoms with van der Waals surface area (Å²) in [6, 6.07) is 16.8. The Morgan fingerprint density at radius 3 is 2.32 bits per heavy atom. The van der Waals surface area contributed by atoms with Gasteiger partial charge in [-0.25, -0.2) is 4.98 Å². The molecule has 28 heavy (non-hydrogen) atoms. The first-order valence-corrected chi connectivity index (χ1v) is 8.98. The van der Waals surface area contributed by atoms with Gasteiger partial charge < -0.3 is 20.1 Å². The minimum atomic E-state index is -0.290. The molecule has 144 valence electrons. The van der Waals surface area contributed by atoms with Crippen LogP contribution in [0.1, 0.15) is 22.8 Å². The molecule has 3 aromatic rings. The number of rotatable bonds is 7. The number of ether oxygens (including phenoxy) is 2. The number of methoxy groups -OCH3 is 2. The molecule has 0 atom stereocenters. The zero-order chi connectivity index (χ0) is 19.9. The molecule has 0 saturated carbocycles. The molecule has 6 heteroatoms. The summed E-state index contributed by atoms with van der Waals surface area (Å²) in [5, 5.41) is 6.14. The number of hydrogen-bond donors (Lipinski definition) is 2. The molecular formula is C22H23N3O3. The molecule has 1 amide bonds. The van der Waals surface area contributed by atoms with Crippen LogP contribution in [0.2, 0.25) is 0 Å². The summed E-state index contributed by atoms with van der Waals surface area (Å²) in [5.41, 5.74) is 3.55. The summed E-state index contributed by atoms with van der Waals surface area (Å²) in [7, 11) is 3.08. The number of amides is 1. The predicted octanol–water partition coefficient (Wildman–Crippen LogP) is 4.66. The fourth-order valence-corrected chi connectivity index (χ4v) is 2.77. The molecule has 0 radical (unpaired) electrons. The third kappa shape index (κ3) is 4.59. The second kappa shape index (κ2) is 8.90. The van der Waals surface area contributed by atoms with Crippen molar-refractivity contribution in [2.45, 2.75) is 13.3 Å². The highest BCUT2D eigenvalue weighted by atomic mass is 16.5. The number of pyridine rings is 1. The van der Waals surface area contributed by atoms with Crippen molar-refractivity contribution in [3.8, 4) is 11.5 Å². The van der Waals surface area contributed by atoms with E-state index in [0.717, 1.165) is 17.8 Å². The molecule has 0 aliphatic rings. The SMILES string of the molecule is CCc1ccccc1Nc1ccc(NC(=O)c2cc(OC)cc(OC)c2)nc1. The van der Waals surface area contributed by atoms with Gasteiger partial charge in [0.15, 0.2) is 0 Å². The first-order chi connectivity index (χ1) is 13.6. The van der Waals surface area contributed by atoms with Crippen molar-refractivity contribution in [3.63, 3.8) is 0 Å². The van der Waals surface area contributed by atoms with Crippen LogP contribution < -0.4 is 20.1 Å². The predicted molar refractivity (Wildman–Crippen MR) is 111 cm³/mol. The highest BCUT2D eigenvalue weighted by Gasteiger charge is 2.11. The van der Waals surface area contributed by atoms with Crippen LogP contribution in [-0.4, -0.2) is 25.1 Å². The Labute approximate surface area is 164 Å². The molecule has 0 saturated heterocycles. The van der Waals surface area contributed by atoms with E-state index in [4.69, 9.17) is 9.47 Å². The van der Waals surface area contributed by atoms with Crippen LogP contribution in [0.4, 0.5) is 17.2 Å².